The first-order valence-corrected chi connectivity index (χ1v) is 8.88. The Labute approximate surface area is 143 Å². The molecule has 0 saturated carbocycles. The zero-order chi connectivity index (χ0) is 18.3. The first-order valence-electron chi connectivity index (χ1n) is 8.88. The number of esters is 1. The first-order chi connectivity index (χ1) is 10.7. The van der Waals surface area contributed by atoms with Gasteiger partial charge < -0.3 is 4.74 Å². The summed E-state index contributed by atoms with van der Waals surface area (Å²) >= 11 is 0. The van der Waals surface area contributed by atoms with Gasteiger partial charge >= 0.3 is 5.97 Å². The topological polar surface area (TPSA) is 26.3 Å². The van der Waals surface area contributed by atoms with E-state index >= 15 is 0 Å². The average molecular weight is 321 g/mol. The van der Waals surface area contributed by atoms with Crippen LogP contribution in [-0.2, 0) is 9.53 Å². The molecule has 1 aromatic carbocycles. The Morgan fingerprint density at radius 3 is 1.91 bits per heavy atom. The SMILES string of the molecule is CC.CCOC(=O)C(C)(C)C(C)(C)C(c1ccccc1)C(C)C. The van der Waals surface area contributed by atoms with Crippen molar-refractivity contribution in [3.05, 3.63) is 35.9 Å². The van der Waals surface area contributed by atoms with E-state index in [1.165, 1.54) is 5.56 Å². The molecule has 132 valence electrons. The van der Waals surface area contributed by atoms with Gasteiger partial charge in [-0.15, -0.1) is 0 Å². The Bertz CT molecular complexity index is 458. The molecule has 0 aliphatic carbocycles. The standard InChI is InChI=1S/C19H30O2.C2H6/c1-8-21-17(20)19(6,7)18(4,5)16(14(2)3)15-12-10-9-11-13-15;1-2/h9-14,16H,8H2,1-7H3;1-2H3. The molecule has 0 aliphatic rings. The Morgan fingerprint density at radius 1 is 1.04 bits per heavy atom. The maximum absolute atomic E-state index is 12.4. The van der Waals surface area contributed by atoms with Crippen molar-refractivity contribution in [3.63, 3.8) is 0 Å². The summed E-state index contributed by atoms with van der Waals surface area (Å²) in [4.78, 5) is 12.4. The summed E-state index contributed by atoms with van der Waals surface area (Å²) in [7, 11) is 0. The first kappa shape index (κ1) is 21.7. The van der Waals surface area contributed by atoms with Crippen molar-refractivity contribution < 1.29 is 9.53 Å². The van der Waals surface area contributed by atoms with Crippen LogP contribution in [0.3, 0.4) is 0 Å². The second-order valence-electron chi connectivity index (χ2n) is 7.20. The van der Waals surface area contributed by atoms with Crippen LogP contribution in [0.1, 0.15) is 73.8 Å². The van der Waals surface area contributed by atoms with Crippen LogP contribution in [0.25, 0.3) is 0 Å². The van der Waals surface area contributed by atoms with E-state index in [2.05, 4.69) is 52.0 Å². The van der Waals surface area contributed by atoms with Crippen molar-refractivity contribution in [1.29, 1.82) is 0 Å². The molecule has 1 aromatic rings. The van der Waals surface area contributed by atoms with E-state index in [9.17, 15) is 4.79 Å². The molecule has 0 heterocycles. The Hall–Kier alpha value is -1.31. The summed E-state index contributed by atoms with van der Waals surface area (Å²) in [5.41, 5.74) is 0.526. The highest BCUT2D eigenvalue weighted by atomic mass is 16.5. The lowest BCUT2D eigenvalue weighted by molar-refractivity contribution is -0.162. The fraction of sp³-hybridized carbons (Fsp3) is 0.667. The van der Waals surface area contributed by atoms with Crippen molar-refractivity contribution >= 4 is 5.97 Å². The number of hydrogen-bond donors (Lipinski definition) is 0. The molecule has 0 N–H and O–H groups in total. The van der Waals surface area contributed by atoms with Crippen molar-refractivity contribution in [1.82, 2.24) is 0 Å². The molecule has 0 saturated heterocycles. The third kappa shape index (κ3) is 4.83. The molecule has 0 amide bonds. The third-order valence-corrected chi connectivity index (χ3v) is 5.00. The number of ether oxygens (including phenoxy) is 1. The van der Waals surface area contributed by atoms with Gasteiger partial charge in [-0.25, -0.2) is 0 Å². The lowest BCUT2D eigenvalue weighted by Crippen LogP contribution is -2.46. The summed E-state index contributed by atoms with van der Waals surface area (Å²) in [6.45, 7) is 19.1. The van der Waals surface area contributed by atoms with Crippen LogP contribution in [0.2, 0.25) is 0 Å². The van der Waals surface area contributed by atoms with Crippen LogP contribution in [0, 0.1) is 16.7 Å². The molecular weight excluding hydrogens is 284 g/mol. The van der Waals surface area contributed by atoms with Crippen molar-refractivity contribution in [2.75, 3.05) is 6.61 Å². The normalized spacial score (nSPS) is 13.1. The lowest BCUT2D eigenvalue weighted by atomic mass is 9.57. The number of rotatable bonds is 6. The van der Waals surface area contributed by atoms with Gasteiger partial charge in [0.25, 0.3) is 0 Å². The molecule has 0 bridgehead atoms. The second kappa shape index (κ2) is 9.10. The van der Waals surface area contributed by atoms with E-state index in [0.717, 1.165) is 0 Å². The quantitative estimate of drug-likeness (QED) is 0.595. The average Bonchev–Trinajstić information content (AvgIpc) is 2.49. The summed E-state index contributed by atoms with van der Waals surface area (Å²) in [5.74, 6) is 0.616. The molecule has 1 atom stereocenters. The molecule has 0 aliphatic heterocycles. The number of carbonyl (C=O) groups is 1. The Kier molecular flexibility index (Phi) is 8.58. The van der Waals surface area contributed by atoms with E-state index in [1.807, 2.05) is 40.7 Å². The van der Waals surface area contributed by atoms with Gasteiger partial charge in [-0.2, -0.15) is 0 Å². The fourth-order valence-corrected chi connectivity index (χ4v) is 3.26. The second-order valence-corrected chi connectivity index (χ2v) is 7.20. The summed E-state index contributed by atoms with van der Waals surface area (Å²) in [6, 6.07) is 10.5. The minimum atomic E-state index is -0.548. The molecule has 0 fully saturated rings. The minimum absolute atomic E-state index is 0.114. The largest absolute Gasteiger partial charge is 0.466 e. The van der Waals surface area contributed by atoms with Gasteiger partial charge in [-0.05, 0) is 43.6 Å². The summed E-state index contributed by atoms with van der Waals surface area (Å²) < 4.78 is 5.32. The van der Waals surface area contributed by atoms with E-state index < -0.39 is 5.41 Å². The molecule has 0 spiro atoms. The van der Waals surface area contributed by atoms with Crippen LogP contribution in [0.15, 0.2) is 30.3 Å². The Morgan fingerprint density at radius 2 is 1.52 bits per heavy atom. The third-order valence-electron chi connectivity index (χ3n) is 5.00. The van der Waals surface area contributed by atoms with E-state index in [-0.39, 0.29) is 17.3 Å². The molecule has 1 rings (SSSR count). The lowest BCUT2D eigenvalue weighted by Gasteiger charge is -2.47. The predicted molar refractivity (Wildman–Crippen MR) is 99.6 cm³/mol. The Balaban J connectivity index is 0.00000232. The highest BCUT2D eigenvalue weighted by Crippen LogP contribution is 2.52. The maximum Gasteiger partial charge on any atom is 0.312 e. The molecular formula is C21H36O2. The zero-order valence-electron chi connectivity index (χ0n) is 16.6. The number of carbonyl (C=O) groups excluding carboxylic acids is 1. The fourth-order valence-electron chi connectivity index (χ4n) is 3.26. The van der Waals surface area contributed by atoms with Gasteiger partial charge in [-0.3, -0.25) is 4.79 Å². The van der Waals surface area contributed by atoms with Crippen LogP contribution in [0.4, 0.5) is 0 Å². The monoisotopic (exact) mass is 320 g/mol. The molecule has 0 aromatic heterocycles. The van der Waals surface area contributed by atoms with Crippen LogP contribution < -0.4 is 0 Å². The van der Waals surface area contributed by atoms with Crippen LogP contribution in [0.5, 0.6) is 0 Å². The van der Waals surface area contributed by atoms with E-state index in [1.54, 1.807) is 0 Å². The summed E-state index contributed by atoms with van der Waals surface area (Å²) in [5, 5.41) is 0. The van der Waals surface area contributed by atoms with Gasteiger partial charge in [-0.1, -0.05) is 71.9 Å². The minimum Gasteiger partial charge on any atom is -0.466 e. The molecule has 1 unspecified atom stereocenters. The maximum atomic E-state index is 12.4. The van der Waals surface area contributed by atoms with E-state index in [4.69, 9.17) is 4.74 Å². The van der Waals surface area contributed by atoms with Crippen molar-refractivity contribution in [3.8, 4) is 0 Å². The van der Waals surface area contributed by atoms with Crippen LogP contribution in [-0.4, -0.2) is 12.6 Å². The van der Waals surface area contributed by atoms with Crippen LogP contribution >= 0.6 is 0 Å². The van der Waals surface area contributed by atoms with Crippen molar-refractivity contribution in [2.24, 2.45) is 16.7 Å². The highest BCUT2D eigenvalue weighted by molar-refractivity contribution is 5.77. The highest BCUT2D eigenvalue weighted by Gasteiger charge is 2.50. The molecule has 0 radical (unpaired) electrons. The smallest absolute Gasteiger partial charge is 0.312 e. The molecule has 23 heavy (non-hydrogen) atoms. The number of hydrogen-bond acceptors (Lipinski definition) is 2. The van der Waals surface area contributed by atoms with Gasteiger partial charge in [0.15, 0.2) is 0 Å². The van der Waals surface area contributed by atoms with Gasteiger partial charge in [0.1, 0.15) is 0 Å². The predicted octanol–water partition coefficient (Wildman–Crippen LogP) is 6.07. The van der Waals surface area contributed by atoms with Gasteiger partial charge in [0, 0.05) is 0 Å². The zero-order valence-corrected chi connectivity index (χ0v) is 16.6. The summed E-state index contributed by atoms with van der Waals surface area (Å²) in [6.07, 6.45) is 0. The number of benzene rings is 1. The molecule has 2 nitrogen and oxygen atoms in total. The van der Waals surface area contributed by atoms with E-state index in [0.29, 0.717) is 12.5 Å². The molecule has 2 heteroatoms. The van der Waals surface area contributed by atoms with Gasteiger partial charge in [0.05, 0.1) is 12.0 Å². The van der Waals surface area contributed by atoms with Crippen molar-refractivity contribution in [2.45, 2.75) is 68.2 Å². The van der Waals surface area contributed by atoms with Gasteiger partial charge in [0.2, 0.25) is 0 Å².